The van der Waals surface area contributed by atoms with Crippen LogP contribution in [0.1, 0.15) is 49.2 Å². The molecule has 27 heavy (non-hydrogen) atoms. The fourth-order valence-corrected chi connectivity index (χ4v) is 3.97. The SMILES string of the molecule is CC(=O)Oc1c(C(=O)OCc2ccccc2)cc(C(C)(C)C)cc1[SiH](C)C. The Morgan fingerprint density at radius 2 is 1.67 bits per heavy atom. The van der Waals surface area contributed by atoms with Gasteiger partial charge >= 0.3 is 11.9 Å². The number of carbonyl (C=O) groups excluding carboxylic acids is 2. The first-order chi connectivity index (χ1) is 12.6. The van der Waals surface area contributed by atoms with Gasteiger partial charge in [-0.2, -0.15) is 0 Å². The van der Waals surface area contributed by atoms with Crippen molar-refractivity contribution in [1.29, 1.82) is 0 Å². The molecule has 5 heteroatoms. The molecule has 0 aliphatic rings. The van der Waals surface area contributed by atoms with Crippen LogP contribution in [0.15, 0.2) is 42.5 Å². The minimum atomic E-state index is -1.36. The highest BCUT2D eigenvalue weighted by molar-refractivity contribution is 6.71. The second-order valence-corrected chi connectivity index (χ2v) is 10.9. The summed E-state index contributed by atoms with van der Waals surface area (Å²) in [5.41, 5.74) is 2.12. The molecule has 0 saturated heterocycles. The van der Waals surface area contributed by atoms with Crippen LogP contribution in [0.3, 0.4) is 0 Å². The third-order valence-electron chi connectivity index (χ3n) is 4.28. The number of rotatable bonds is 5. The molecule has 0 heterocycles. The van der Waals surface area contributed by atoms with Gasteiger partial charge in [0.05, 0.1) is 8.80 Å². The number of benzene rings is 2. The normalized spacial score (nSPS) is 11.4. The van der Waals surface area contributed by atoms with Crippen LogP contribution in [-0.2, 0) is 21.6 Å². The number of carbonyl (C=O) groups is 2. The fraction of sp³-hybridized carbons (Fsp3) is 0.364. The van der Waals surface area contributed by atoms with E-state index in [0.717, 1.165) is 16.3 Å². The van der Waals surface area contributed by atoms with Crippen molar-refractivity contribution in [3.8, 4) is 5.75 Å². The molecular weight excluding hydrogens is 356 g/mol. The van der Waals surface area contributed by atoms with Gasteiger partial charge in [-0.3, -0.25) is 4.79 Å². The summed E-state index contributed by atoms with van der Waals surface area (Å²) in [5.74, 6) is -0.557. The number of ether oxygens (including phenoxy) is 2. The van der Waals surface area contributed by atoms with E-state index in [4.69, 9.17) is 9.47 Å². The molecule has 0 unspecified atom stereocenters. The average Bonchev–Trinajstić information content (AvgIpc) is 2.59. The maximum atomic E-state index is 12.9. The van der Waals surface area contributed by atoms with Gasteiger partial charge in [-0.05, 0) is 27.8 Å². The van der Waals surface area contributed by atoms with Gasteiger partial charge in [0.25, 0.3) is 0 Å². The number of hydrogen-bond acceptors (Lipinski definition) is 4. The first-order valence-electron chi connectivity index (χ1n) is 9.17. The highest BCUT2D eigenvalue weighted by Gasteiger charge is 2.26. The minimum absolute atomic E-state index is 0.138. The van der Waals surface area contributed by atoms with E-state index in [-0.39, 0.29) is 12.0 Å². The van der Waals surface area contributed by atoms with Gasteiger partial charge in [0, 0.05) is 6.92 Å². The van der Waals surface area contributed by atoms with E-state index in [9.17, 15) is 9.59 Å². The molecule has 2 rings (SSSR count). The second kappa shape index (κ2) is 8.52. The summed E-state index contributed by atoms with van der Waals surface area (Å²) >= 11 is 0. The molecule has 144 valence electrons. The Morgan fingerprint density at radius 3 is 2.19 bits per heavy atom. The van der Waals surface area contributed by atoms with Crippen LogP contribution in [0, 0.1) is 0 Å². The van der Waals surface area contributed by atoms with E-state index >= 15 is 0 Å². The average molecular weight is 385 g/mol. The Balaban J connectivity index is 2.48. The Morgan fingerprint density at radius 1 is 1.04 bits per heavy atom. The van der Waals surface area contributed by atoms with Gasteiger partial charge < -0.3 is 9.47 Å². The van der Waals surface area contributed by atoms with Crippen LogP contribution < -0.4 is 9.92 Å². The monoisotopic (exact) mass is 384 g/mol. The van der Waals surface area contributed by atoms with Crippen LogP contribution in [0.5, 0.6) is 5.75 Å². The van der Waals surface area contributed by atoms with E-state index in [1.54, 1.807) is 6.07 Å². The maximum absolute atomic E-state index is 12.9. The number of esters is 2. The van der Waals surface area contributed by atoms with Crippen LogP contribution in [0.25, 0.3) is 0 Å². The lowest BCUT2D eigenvalue weighted by Gasteiger charge is -2.24. The quantitative estimate of drug-likeness (QED) is 0.445. The third kappa shape index (κ3) is 5.53. The van der Waals surface area contributed by atoms with Gasteiger partial charge in [-0.1, -0.05) is 70.3 Å². The first-order valence-corrected chi connectivity index (χ1v) is 12.1. The van der Waals surface area contributed by atoms with Gasteiger partial charge in [0.15, 0.2) is 0 Å². The van der Waals surface area contributed by atoms with Crippen LogP contribution in [-0.4, -0.2) is 20.7 Å². The topological polar surface area (TPSA) is 52.6 Å². The molecule has 0 atom stereocenters. The highest BCUT2D eigenvalue weighted by Crippen LogP contribution is 2.28. The molecule has 2 aromatic carbocycles. The molecule has 4 nitrogen and oxygen atoms in total. The highest BCUT2D eigenvalue weighted by atomic mass is 28.3. The molecule has 2 aromatic rings. The zero-order valence-corrected chi connectivity index (χ0v) is 18.1. The Bertz CT molecular complexity index is 820. The lowest BCUT2D eigenvalue weighted by molar-refractivity contribution is -0.131. The molecule has 0 amide bonds. The minimum Gasteiger partial charge on any atom is -0.457 e. The Kier molecular flexibility index (Phi) is 6.60. The molecule has 0 spiro atoms. The van der Waals surface area contributed by atoms with Crippen LogP contribution in [0.4, 0.5) is 0 Å². The molecule has 0 saturated carbocycles. The van der Waals surface area contributed by atoms with E-state index in [1.165, 1.54) is 6.92 Å². The van der Waals surface area contributed by atoms with Crippen molar-refractivity contribution in [2.75, 3.05) is 0 Å². The van der Waals surface area contributed by atoms with E-state index in [1.807, 2.05) is 30.3 Å². The summed E-state index contributed by atoms with van der Waals surface area (Å²) in [6.45, 7) is 12.1. The molecule has 0 aliphatic heterocycles. The zero-order valence-electron chi connectivity index (χ0n) is 17.0. The predicted molar refractivity (Wildman–Crippen MR) is 111 cm³/mol. The maximum Gasteiger partial charge on any atom is 0.342 e. The Labute approximate surface area is 163 Å². The van der Waals surface area contributed by atoms with Gasteiger partial charge in [-0.25, -0.2) is 4.79 Å². The van der Waals surface area contributed by atoms with Crippen molar-refractivity contribution in [1.82, 2.24) is 0 Å². The number of hydrogen-bond donors (Lipinski definition) is 0. The molecule has 0 N–H and O–H groups in total. The summed E-state index contributed by atoms with van der Waals surface area (Å²) in [7, 11) is -1.36. The third-order valence-corrected chi connectivity index (χ3v) is 5.96. The molecule has 0 bridgehead atoms. The zero-order chi connectivity index (χ0) is 20.2. The molecule has 0 aromatic heterocycles. The van der Waals surface area contributed by atoms with Crippen molar-refractivity contribution >= 4 is 25.9 Å². The van der Waals surface area contributed by atoms with Gasteiger partial charge in [0.2, 0.25) is 0 Å². The molecule has 0 aliphatic carbocycles. The van der Waals surface area contributed by atoms with E-state index in [2.05, 4.69) is 39.9 Å². The van der Waals surface area contributed by atoms with Crippen molar-refractivity contribution in [2.24, 2.45) is 0 Å². The van der Waals surface area contributed by atoms with Gasteiger partial charge in [-0.15, -0.1) is 0 Å². The van der Waals surface area contributed by atoms with Crippen molar-refractivity contribution in [3.05, 3.63) is 59.2 Å². The van der Waals surface area contributed by atoms with Crippen molar-refractivity contribution in [2.45, 2.75) is 52.8 Å². The lowest BCUT2D eigenvalue weighted by Crippen LogP contribution is -2.30. The van der Waals surface area contributed by atoms with Crippen molar-refractivity contribution < 1.29 is 19.1 Å². The van der Waals surface area contributed by atoms with Gasteiger partial charge in [0.1, 0.15) is 17.9 Å². The summed E-state index contributed by atoms with van der Waals surface area (Å²) in [4.78, 5) is 24.5. The van der Waals surface area contributed by atoms with Crippen molar-refractivity contribution in [3.63, 3.8) is 0 Å². The fourth-order valence-electron chi connectivity index (χ4n) is 2.72. The lowest BCUT2D eigenvalue weighted by atomic mass is 9.86. The smallest absolute Gasteiger partial charge is 0.342 e. The molecule has 0 fully saturated rings. The summed E-state index contributed by atoms with van der Waals surface area (Å²) in [5, 5.41) is 0.962. The molecule has 0 radical (unpaired) electrons. The first kappa shape index (κ1) is 20.9. The summed E-state index contributed by atoms with van der Waals surface area (Å²) in [6.07, 6.45) is 0. The second-order valence-electron chi connectivity index (χ2n) is 8.00. The molecular formula is C22H28O4Si. The largest absolute Gasteiger partial charge is 0.457 e. The van der Waals surface area contributed by atoms with E-state index < -0.39 is 20.7 Å². The van der Waals surface area contributed by atoms with Crippen LogP contribution in [0.2, 0.25) is 13.1 Å². The van der Waals surface area contributed by atoms with Crippen LogP contribution >= 0.6 is 0 Å². The van der Waals surface area contributed by atoms with E-state index in [0.29, 0.717) is 11.3 Å². The standard InChI is InChI=1S/C22H28O4Si/c1-15(23)26-20-18(21(24)25-14-16-10-8-7-9-11-16)12-17(22(2,3)4)13-19(20)27(5)6/h7-13,27H,14H2,1-6H3. The predicted octanol–water partition coefficient (Wildman–Crippen LogP) is 3.96. The Hall–Kier alpha value is -2.40. The summed E-state index contributed by atoms with van der Waals surface area (Å²) < 4.78 is 11.0. The summed E-state index contributed by atoms with van der Waals surface area (Å²) in [6, 6.07) is 13.4.